The monoisotopic (exact) mass is 421 g/mol. The molecule has 0 aliphatic heterocycles. The van der Waals surface area contributed by atoms with E-state index in [1.54, 1.807) is 16.8 Å². The van der Waals surface area contributed by atoms with Crippen molar-refractivity contribution in [3.8, 4) is 5.69 Å². The van der Waals surface area contributed by atoms with Gasteiger partial charge in [-0.1, -0.05) is 44.2 Å². The van der Waals surface area contributed by atoms with E-state index in [9.17, 15) is 14.3 Å². The first-order valence-electron chi connectivity index (χ1n) is 10.1. The number of fused-ring (bicyclic) bond motifs is 1. The van der Waals surface area contributed by atoms with Crippen LogP contribution in [0.5, 0.6) is 0 Å². The van der Waals surface area contributed by atoms with E-state index in [4.69, 9.17) is 0 Å². The molecule has 8 heteroatoms. The Morgan fingerprint density at radius 3 is 2.48 bits per heavy atom. The Hall–Kier alpha value is -3.52. The smallest absolute Gasteiger partial charge is 0.263 e. The predicted octanol–water partition coefficient (Wildman–Crippen LogP) is 3.44. The van der Waals surface area contributed by atoms with Crippen LogP contribution in [-0.4, -0.2) is 37.9 Å². The Morgan fingerprint density at radius 2 is 1.81 bits per heavy atom. The second kappa shape index (κ2) is 8.69. The number of hydrogen-bond donors (Lipinski definition) is 2. The molecule has 4 rings (SSSR count). The lowest BCUT2D eigenvalue weighted by atomic mass is 10.1. The number of rotatable bonds is 7. The van der Waals surface area contributed by atoms with Crippen molar-refractivity contribution in [2.45, 2.75) is 20.0 Å². The molecule has 0 saturated heterocycles. The summed E-state index contributed by atoms with van der Waals surface area (Å²) in [6.07, 6.45) is 0.623. The lowest BCUT2D eigenvalue weighted by Crippen LogP contribution is -2.34. The number of anilines is 1. The molecule has 0 amide bonds. The van der Waals surface area contributed by atoms with E-state index in [1.807, 2.05) is 49.1 Å². The summed E-state index contributed by atoms with van der Waals surface area (Å²) in [6.45, 7) is 4.84. The molecule has 31 heavy (non-hydrogen) atoms. The topological polar surface area (TPSA) is 87.0 Å². The average Bonchev–Trinajstić information content (AvgIpc) is 3.18. The quantitative estimate of drug-likeness (QED) is 0.477. The Balaban J connectivity index is 1.73. The Bertz CT molecular complexity index is 1220. The third kappa shape index (κ3) is 4.49. The van der Waals surface area contributed by atoms with Crippen molar-refractivity contribution in [2.75, 3.05) is 18.0 Å². The SMILES string of the molecule is CC(C)CN(C[C@@H](O)c1ccc(F)cc1)c1nc2c(cnn2-c2ccccc2)c(=O)[nH]1. The normalized spacial score (nSPS) is 12.4. The molecule has 0 unspecified atom stereocenters. The van der Waals surface area contributed by atoms with Crippen LogP contribution in [0.2, 0.25) is 0 Å². The van der Waals surface area contributed by atoms with Gasteiger partial charge >= 0.3 is 0 Å². The first kappa shape index (κ1) is 20.7. The first-order valence-corrected chi connectivity index (χ1v) is 10.1. The molecule has 2 heterocycles. The molecule has 1 atom stereocenters. The standard InChI is InChI=1S/C23H24FN5O2/c1-15(2)13-28(14-20(30)16-8-10-17(24)11-9-16)23-26-21-19(22(31)27-23)12-25-29(21)18-6-4-3-5-7-18/h3-12,15,20,30H,13-14H2,1-2H3,(H,26,27,31)/t20-/m1/s1. The van der Waals surface area contributed by atoms with Crippen LogP contribution in [0.4, 0.5) is 10.3 Å². The highest BCUT2D eigenvalue weighted by molar-refractivity contribution is 5.76. The lowest BCUT2D eigenvalue weighted by molar-refractivity contribution is 0.182. The molecule has 0 spiro atoms. The lowest BCUT2D eigenvalue weighted by Gasteiger charge is -2.27. The fourth-order valence-corrected chi connectivity index (χ4v) is 3.50. The number of halogens is 1. The van der Waals surface area contributed by atoms with Crippen molar-refractivity contribution < 1.29 is 9.50 Å². The highest BCUT2D eigenvalue weighted by Gasteiger charge is 2.20. The van der Waals surface area contributed by atoms with Crippen molar-refractivity contribution in [2.24, 2.45) is 5.92 Å². The second-order valence-corrected chi connectivity index (χ2v) is 7.88. The summed E-state index contributed by atoms with van der Waals surface area (Å²) in [6, 6.07) is 15.2. The van der Waals surface area contributed by atoms with Crippen molar-refractivity contribution >= 4 is 17.0 Å². The van der Waals surface area contributed by atoms with Gasteiger partial charge in [-0.2, -0.15) is 10.1 Å². The summed E-state index contributed by atoms with van der Waals surface area (Å²) in [4.78, 5) is 22.1. The van der Waals surface area contributed by atoms with Crippen LogP contribution in [0.3, 0.4) is 0 Å². The highest BCUT2D eigenvalue weighted by Crippen LogP contribution is 2.21. The molecule has 160 valence electrons. The molecule has 7 nitrogen and oxygen atoms in total. The zero-order valence-electron chi connectivity index (χ0n) is 17.4. The molecule has 0 radical (unpaired) electrons. The summed E-state index contributed by atoms with van der Waals surface area (Å²) in [5, 5.41) is 15.5. The van der Waals surface area contributed by atoms with Gasteiger partial charge in [-0.3, -0.25) is 9.78 Å². The summed E-state index contributed by atoms with van der Waals surface area (Å²) >= 11 is 0. The molecule has 0 bridgehead atoms. The molecule has 2 N–H and O–H groups in total. The van der Waals surface area contributed by atoms with E-state index in [-0.39, 0.29) is 23.8 Å². The number of para-hydroxylation sites is 1. The van der Waals surface area contributed by atoms with Crippen LogP contribution in [-0.2, 0) is 0 Å². The molecule has 2 aromatic heterocycles. The number of hydrogen-bond acceptors (Lipinski definition) is 5. The molecule has 0 fully saturated rings. The van der Waals surface area contributed by atoms with Crippen LogP contribution in [0.1, 0.15) is 25.5 Å². The number of aromatic nitrogens is 4. The maximum Gasteiger partial charge on any atom is 0.263 e. The number of benzene rings is 2. The zero-order chi connectivity index (χ0) is 22.0. The third-order valence-corrected chi connectivity index (χ3v) is 4.96. The maximum atomic E-state index is 13.2. The number of aliphatic hydroxyl groups is 1. The summed E-state index contributed by atoms with van der Waals surface area (Å²) < 4.78 is 14.9. The van der Waals surface area contributed by atoms with E-state index < -0.39 is 6.10 Å². The maximum absolute atomic E-state index is 13.2. The van der Waals surface area contributed by atoms with Crippen molar-refractivity contribution in [1.29, 1.82) is 0 Å². The fraction of sp³-hybridized carbons (Fsp3) is 0.261. The Kier molecular flexibility index (Phi) is 5.81. The molecule has 0 aliphatic rings. The Morgan fingerprint density at radius 1 is 1.10 bits per heavy atom. The average molecular weight is 421 g/mol. The van der Waals surface area contributed by atoms with E-state index in [2.05, 4.69) is 15.1 Å². The number of H-pyrrole nitrogens is 1. The van der Waals surface area contributed by atoms with Gasteiger partial charge in [0.25, 0.3) is 5.56 Å². The molecule has 4 aromatic rings. The van der Waals surface area contributed by atoms with Gasteiger partial charge in [-0.15, -0.1) is 0 Å². The highest BCUT2D eigenvalue weighted by atomic mass is 19.1. The molecule has 2 aromatic carbocycles. The number of aromatic amines is 1. The van der Waals surface area contributed by atoms with Crippen LogP contribution >= 0.6 is 0 Å². The van der Waals surface area contributed by atoms with Gasteiger partial charge in [0.15, 0.2) is 5.65 Å². The first-order chi connectivity index (χ1) is 14.9. The van der Waals surface area contributed by atoms with Crippen molar-refractivity contribution in [3.05, 3.63) is 82.5 Å². The minimum Gasteiger partial charge on any atom is -0.387 e. The minimum absolute atomic E-state index is 0.192. The van der Waals surface area contributed by atoms with Gasteiger partial charge in [0.05, 0.1) is 24.5 Å². The van der Waals surface area contributed by atoms with Gasteiger partial charge in [-0.05, 0) is 35.7 Å². The molecule has 0 aliphatic carbocycles. The molecular formula is C23H24FN5O2. The van der Waals surface area contributed by atoms with E-state index in [1.165, 1.54) is 18.3 Å². The summed E-state index contributed by atoms with van der Waals surface area (Å²) in [5.74, 6) is 0.242. The van der Waals surface area contributed by atoms with E-state index >= 15 is 0 Å². The number of nitrogens with one attached hydrogen (secondary N) is 1. The molecule has 0 saturated carbocycles. The van der Waals surface area contributed by atoms with E-state index in [0.29, 0.717) is 29.1 Å². The van der Waals surface area contributed by atoms with Crippen LogP contribution in [0.15, 0.2) is 65.6 Å². The Labute approximate surface area is 178 Å². The van der Waals surface area contributed by atoms with Gasteiger partial charge in [0.2, 0.25) is 5.95 Å². The van der Waals surface area contributed by atoms with Gasteiger partial charge < -0.3 is 10.0 Å². The van der Waals surface area contributed by atoms with Gasteiger partial charge in [0, 0.05) is 6.54 Å². The third-order valence-electron chi connectivity index (χ3n) is 4.96. The minimum atomic E-state index is -0.876. The largest absolute Gasteiger partial charge is 0.387 e. The second-order valence-electron chi connectivity index (χ2n) is 7.88. The zero-order valence-corrected chi connectivity index (χ0v) is 17.4. The van der Waals surface area contributed by atoms with Crippen molar-refractivity contribution in [3.63, 3.8) is 0 Å². The van der Waals surface area contributed by atoms with Gasteiger partial charge in [0.1, 0.15) is 11.2 Å². The summed E-state index contributed by atoms with van der Waals surface area (Å²) in [5.41, 5.74) is 1.53. The number of nitrogens with zero attached hydrogens (tertiary/aromatic N) is 4. The van der Waals surface area contributed by atoms with Crippen LogP contribution in [0, 0.1) is 11.7 Å². The predicted molar refractivity (Wildman–Crippen MR) is 118 cm³/mol. The van der Waals surface area contributed by atoms with Gasteiger partial charge in [-0.25, -0.2) is 9.07 Å². The van der Waals surface area contributed by atoms with Crippen LogP contribution < -0.4 is 10.5 Å². The van der Waals surface area contributed by atoms with Crippen molar-refractivity contribution in [1.82, 2.24) is 19.7 Å². The van der Waals surface area contributed by atoms with E-state index in [0.717, 1.165) is 5.69 Å². The molecular weight excluding hydrogens is 397 g/mol. The number of aliphatic hydroxyl groups excluding tert-OH is 1. The summed E-state index contributed by atoms with van der Waals surface area (Å²) in [7, 11) is 0. The fourth-order valence-electron chi connectivity index (χ4n) is 3.50. The van der Waals surface area contributed by atoms with Crippen LogP contribution in [0.25, 0.3) is 16.7 Å².